The molecular weight excluding hydrogens is 269 g/mol. The molecule has 30 valence electrons. The summed E-state index contributed by atoms with van der Waals surface area (Å²) >= 11 is 0. The molecule has 5 heavy (non-hydrogen) atoms. The van der Waals surface area contributed by atoms with E-state index in [0.717, 1.165) is 0 Å². The van der Waals surface area contributed by atoms with E-state index in [9.17, 15) is 4.32 Å². The van der Waals surface area contributed by atoms with Gasteiger partial charge in [-0.15, -0.1) is 0 Å². The first-order valence-electron chi connectivity index (χ1n) is 0.735. The fraction of sp³-hybridized carbons (Fsp3) is 0. The molecule has 0 aromatic rings. The maximum absolute atomic E-state index is 10.1. The van der Waals surface area contributed by atoms with E-state index in [1.165, 1.54) is 0 Å². The quantitative estimate of drug-likeness (QED) is 0.502. The van der Waals surface area contributed by atoms with Crippen molar-refractivity contribution in [2.24, 2.45) is 0 Å². The molecule has 0 aliphatic carbocycles. The zero-order valence-corrected chi connectivity index (χ0v) is 8.05. The van der Waals surface area contributed by atoms with Crippen LogP contribution < -0.4 is 0 Å². The minimum atomic E-state index is -2.67. The Balaban J connectivity index is 0. The molecule has 0 atom stereocenters. The third-order valence-corrected chi connectivity index (χ3v) is 0. The van der Waals surface area contributed by atoms with E-state index in [1.807, 2.05) is 0 Å². The van der Waals surface area contributed by atoms with Gasteiger partial charge in [-0.1, -0.05) is 0 Å². The van der Waals surface area contributed by atoms with Gasteiger partial charge in [0.25, 0.3) is 0 Å². The second-order valence-electron chi connectivity index (χ2n) is 0.311. The Morgan fingerprint density at radius 2 is 1.40 bits per heavy atom. The second-order valence-corrected chi connectivity index (χ2v) is 0.311. The fourth-order valence-electron chi connectivity index (χ4n) is 0. The molecule has 2 nitrogen and oxygen atoms in total. The summed E-state index contributed by atoms with van der Waals surface area (Å²) < 4.78 is 10.1. The summed E-state index contributed by atoms with van der Waals surface area (Å²) in [6.07, 6.45) is 0. The Bertz CT molecular complexity index is 14.4. The minimum absolute atomic E-state index is 0. The van der Waals surface area contributed by atoms with Gasteiger partial charge in [-0.05, 0) is 0 Å². The molecule has 0 aliphatic rings. The van der Waals surface area contributed by atoms with Crippen LogP contribution in [-0.2, 0) is 0 Å². The van der Waals surface area contributed by atoms with Crippen LogP contribution in [0.25, 0.3) is 0 Å². The van der Waals surface area contributed by atoms with Crippen LogP contribution >= 0.6 is 0 Å². The Morgan fingerprint density at radius 3 is 1.40 bits per heavy atom. The van der Waals surface area contributed by atoms with Gasteiger partial charge in [-0.3, -0.25) is 4.32 Å². The standard InChI is InChI=1S/BFH2O2.Pb.2H/c2-1(3)4;;;/h3-4H;;;. The van der Waals surface area contributed by atoms with E-state index < -0.39 is 7.40 Å². The first kappa shape index (κ1) is 9.28. The van der Waals surface area contributed by atoms with Crippen molar-refractivity contribution in [3.8, 4) is 0 Å². The van der Waals surface area contributed by atoms with Crippen molar-refractivity contribution in [3.63, 3.8) is 0 Å². The molecule has 2 radical (unpaired) electrons. The molecule has 0 aromatic carbocycles. The summed E-state index contributed by atoms with van der Waals surface area (Å²) in [7, 11) is -2.67. The van der Waals surface area contributed by atoms with Crippen LogP contribution in [0.4, 0.5) is 4.32 Å². The van der Waals surface area contributed by atoms with E-state index in [0.29, 0.717) is 0 Å². The van der Waals surface area contributed by atoms with Gasteiger partial charge in [0.05, 0.1) is 0 Å². The van der Waals surface area contributed by atoms with Gasteiger partial charge in [0, 0.05) is 0 Å². The van der Waals surface area contributed by atoms with Crippen LogP contribution in [0.2, 0.25) is 0 Å². The molecule has 0 aliphatic heterocycles. The Kier molecular flexibility index (Phi) is 8.97. The van der Waals surface area contributed by atoms with Crippen molar-refractivity contribution in [1.82, 2.24) is 0 Å². The number of halogens is 1. The maximum atomic E-state index is 10.1. The van der Waals surface area contributed by atoms with Gasteiger partial charge >= 0.3 is 34.7 Å². The molecule has 0 aromatic heterocycles. The molecule has 0 bridgehead atoms. The van der Waals surface area contributed by atoms with Crippen LogP contribution in [0.1, 0.15) is 0 Å². The molecule has 0 spiro atoms. The molecule has 0 rings (SSSR count). The molecule has 0 saturated heterocycles. The predicted octanol–water partition coefficient (Wildman–Crippen LogP) is -1.99. The van der Waals surface area contributed by atoms with Crippen LogP contribution in [0.15, 0.2) is 0 Å². The molecule has 5 heteroatoms. The van der Waals surface area contributed by atoms with E-state index in [2.05, 4.69) is 0 Å². The van der Waals surface area contributed by atoms with Gasteiger partial charge in [-0.2, -0.15) is 0 Å². The summed E-state index contributed by atoms with van der Waals surface area (Å²) in [6, 6.07) is 0. The molecule has 0 unspecified atom stereocenters. The van der Waals surface area contributed by atoms with Crippen molar-refractivity contribution in [2.45, 2.75) is 0 Å². The Labute approximate surface area is 49.4 Å². The summed E-state index contributed by atoms with van der Waals surface area (Å²) in [5, 5.41) is 13.9. The van der Waals surface area contributed by atoms with Crippen molar-refractivity contribution in [2.75, 3.05) is 0 Å². The average Bonchev–Trinajstić information content (AvgIpc) is 0.811. The van der Waals surface area contributed by atoms with E-state index in [1.54, 1.807) is 0 Å². The number of rotatable bonds is 0. The van der Waals surface area contributed by atoms with Gasteiger partial charge < -0.3 is 10.0 Å². The van der Waals surface area contributed by atoms with Crippen LogP contribution in [0.3, 0.4) is 0 Å². The average molecular weight is 273 g/mol. The van der Waals surface area contributed by atoms with Crippen molar-refractivity contribution in [1.29, 1.82) is 0 Å². The van der Waals surface area contributed by atoms with Gasteiger partial charge in [0.1, 0.15) is 0 Å². The normalized spacial score (nSPS) is 5.40. The molecule has 0 amide bonds. The summed E-state index contributed by atoms with van der Waals surface area (Å²) in [5.74, 6) is 0. The number of hydrogen-bond acceptors (Lipinski definition) is 2. The third-order valence-electron chi connectivity index (χ3n) is 0. The summed E-state index contributed by atoms with van der Waals surface area (Å²) in [6.45, 7) is 0. The van der Waals surface area contributed by atoms with Crippen LogP contribution in [-0.4, -0.2) is 44.7 Å². The zero-order chi connectivity index (χ0) is 3.58. The van der Waals surface area contributed by atoms with Gasteiger partial charge in [0.2, 0.25) is 0 Å². The zero-order valence-electron chi connectivity index (χ0n) is 2.56. The molecule has 0 fully saturated rings. The Hall–Kier alpha value is 0.837. The van der Waals surface area contributed by atoms with E-state index in [4.69, 9.17) is 10.0 Å². The monoisotopic (exact) mass is 274 g/mol. The van der Waals surface area contributed by atoms with Crippen LogP contribution in [0.5, 0.6) is 0 Å². The van der Waals surface area contributed by atoms with Crippen molar-refractivity contribution >= 4 is 34.7 Å². The van der Waals surface area contributed by atoms with E-state index in [-0.39, 0.29) is 27.3 Å². The van der Waals surface area contributed by atoms with Crippen molar-refractivity contribution in [3.05, 3.63) is 0 Å². The molecule has 2 N–H and O–H groups in total. The summed E-state index contributed by atoms with van der Waals surface area (Å²) in [4.78, 5) is 0. The topological polar surface area (TPSA) is 40.5 Å². The predicted molar refractivity (Wildman–Crippen MR) is 19.8 cm³/mol. The second kappa shape index (κ2) is 4.84. The molecule has 0 saturated carbocycles. The van der Waals surface area contributed by atoms with Gasteiger partial charge in [-0.25, -0.2) is 0 Å². The SMILES string of the molecule is OB(O)F.[PbH2]. The van der Waals surface area contributed by atoms with E-state index >= 15 is 0 Å². The number of hydrogen-bond donors (Lipinski definition) is 2. The first-order chi connectivity index (χ1) is 1.73. The van der Waals surface area contributed by atoms with Crippen LogP contribution in [0, 0.1) is 0 Å². The van der Waals surface area contributed by atoms with Gasteiger partial charge in [0.15, 0.2) is 0 Å². The third kappa shape index (κ3) is 55.6. The van der Waals surface area contributed by atoms with Crippen molar-refractivity contribution < 1.29 is 14.4 Å². The summed E-state index contributed by atoms with van der Waals surface area (Å²) in [5.41, 5.74) is 0. The fourth-order valence-corrected chi connectivity index (χ4v) is 0. The molecular formula is H4BFO2Pb. The molecule has 0 heterocycles. The first-order valence-corrected chi connectivity index (χ1v) is 0.735. The Morgan fingerprint density at radius 1 is 1.40 bits per heavy atom.